The van der Waals surface area contributed by atoms with E-state index in [2.05, 4.69) is 11.6 Å². The molecule has 1 heterocycles. The normalized spacial score (nSPS) is 11.4. The molecular weight excluding hydrogens is 376 g/mol. The van der Waals surface area contributed by atoms with E-state index in [0.717, 1.165) is 10.2 Å². The van der Waals surface area contributed by atoms with Crippen molar-refractivity contribution in [2.75, 3.05) is 13.7 Å². The fourth-order valence-corrected chi connectivity index (χ4v) is 3.86. The Bertz CT molecular complexity index is 1110. The number of thiazole rings is 1. The molecule has 2 aromatic carbocycles. The zero-order chi connectivity index (χ0) is 20.1. The van der Waals surface area contributed by atoms with Crippen LogP contribution in [-0.4, -0.2) is 30.2 Å². The van der Waals surface area contributed by atoms with Gasteiger partial charge in [-0.25, -0.2) is 4.79 Å². The van der Waals surface area contributed by atoms with E-state index in [4.69, 9.17) is 9.47 Å². The van der Waals surface area contributed by atoms with Crippen LogP contribution in [0.1, 0.15) is 27.6 Å². The van der Waals surface area contributed by atoms with Crippen molar-refractivity contribution in [3.8, 4) is 5.75 Å². The first kappa shape index (κ1) is 19.6. The summed E-state index contributed by atoms with van der Waals surface area (Å²) in [5.74, 6) is -0.296. The average Bonchev–Trinajstić information content (AvgIpc) is 3.04. The molecule has 0 aliphatic heterocycles. The average molecular weight is 396 g/mol. The molecule has 6 nitrogen and oxygen atoms in total. The van der Waals surface area contributed by atoms with E-state index < -0.39 is 5.97 Å². The lowest BCUT2D eigenvalue weighted by molar-refractivity contribution is 0.0600. The fourth-order valence-electron chi connectivity index (χ4n) is 2.78. The van der Waals surface area contributed by atoms with E-state index in [0.29, 0.717) is 34.8 Å². The Morgan fingerprint density at radius 3 is 2.75 bits per heavy atom. The summed E-state index contributed by atoms with van der Waals surface area (Å²) in [6, 6.07) is 12.3. The molecule has 0 aliphatic carbocycles. The van der Waals surface area contributed by atoms with E-state index in [1.54, 1.807) is 36.4 Å². The third-order valence-corrected chi connectivity index (χ3v) is 5.07. The summed E-state index contributed by atoms with van der Waals surface area (Å²) >= 11 is 1.33. The van der Waals surface area contributed by atoms with Crippen molar-refractivity contribution in [2.24, 2.45) is 4.99 Å². The van der Waals surface area contributed by atoms with E-state index in [1.165, 1.54) is 18.4 Å². The first-order valence-electron chi connectivity index (χ1n) is 8.72. The van der Waals surface area contributed by atoms with Gasteiger partial charge in [0.15, 0.2) is 4.80 Å². The maximum Gasteiger partial charge on any atom is 0.337 e. The van der Waals surface area contributed by atoms with Gasteiger partial charge >= 0.3 is 5.97 Å². The van der Waals surface area contributed by atoms with Crippen molar-refractivity contribution in [1.82, 2.24) is 4.57 Å². The van der Waals surface area contributed by atoms with Crippen LogP contribution in [0, 0.1) is 0 Å². The summed E-state index contributed by atoms with van der Waals surface area (Å²) < 4.78 is 13.0. The number of methoxy groups -OCH3 is 1. The van der Waals surface area contributed by atoms with E-state index in [-0.39, 0.29) is 5.91 Å². The first-order valence-corrected chi connectivity index (χ1v) is 9.54. The molecule has 3 aromatic rings. The number of nitrogens with zero attached hydrogens (tertiary/aromatic N) is 2. The van der Waals surface area contributed by atoms with Crippen molar-refractivity contribution >= 4 is 33.4 Å². The SMILES string of the molecule is C=CCn1c(=NC(=O)c2ccccc2OCC)sc2cc(C(=O)OC)ccc21. The molecule has 0 atom stereocenters. The quantitative estimate of drug-likeness (QED) is 0.469. The third kappa shape index (κ3) is 3.89. The van der Waals surface area contributed by atoms with Gasteiger partial charge in [0.05, 0.1) is 35.1 Å². The van der Waals surface area contributed by atoms with Gasteiger partial charge in [-0.3, -0.25) is 4.79 Å². The van der Waals surface area contributed by atoms with Crippen molar-refractivity contribution in [2.45, 2.75) is 13.5 Å². The number of para-hydroxylation sites is 1. The molecule has 1 amide bonds. The minimum absolute atomic E-state index is 0.387. The number of benzene rings is 2. The molecule has 7 heteroatoms. The number of aromatic nitrogens is 1. The van der Waals surface area contributed by atoms with Crippen LogP contribution in [0.4, 0.5) is 0 Å². The molecule has 144 valence electrons. The predicted molar refractivity (Wildman–Crippen MR) is 109 cm³/mol. The lowest BCUT2D eigenvalue weighted by Crippen LogP contribution is -2.16. The van der Waals surface area contributed by atoms with Gasteiger partial charge < -0.3 is 14.0 Å². The van der Waals surface area contributed by atoms with Crippen LogP contribution >= 0.6 is 11.3 Å². The predicted octanol–water partition coefficient (Wildman–Crippen LogP) is 3.82. The summed E-state index contributed by atoms with van der Waals surface area (Å²) in [6.07, 6.45) is 1.73. The minimum atomic E-state index is -0.411. The zero-order valence-corrected chi connectivity index (χ0v) is 16.5. The Morgan fingerprint density at radius 2 is 2.04 bits per heavy atom. The molecule has 0 fully saturated rings. The van der Waals surface area contributed by atoms with Crippen LogP contribution in [0.15, 0.2) is 60.1 Å². The highest BCUT2D eigenvalue weighted by Crippen LogP contribution is 2.21. The second-order valence-electron chi connectivity index (χ2n) is 5.80. The van der Waals surface area contributed by atoms with Crippen molar-refractivity contribution in [3.05, 3.63) is 71.0 Å². The Balaban J connectivity index is 2.13. The van der Waals surface area contributed by atoms with Crippen molar-refractivity contribution in [1.29, 1.82) is 0 Å². The molecule has 0 bridgehead atoms. The van der Waals surface area contributed by atoms with Gasteiger partial charge in [-0.05, 0) is 37.3 Å². The number of allylic oxidation sites excluding steroid dienone is 1. The van der Waals surface area contributed by atoms with E-state index in [9.17, 15) is 9.59 Å². The van der Waals surface area contributed by atoms with Crippen molar-refractivity contribution < 1.29 is 19.1 Å². The summed E-state index contributed by atoms with van der Waals surface area (Å²) in [6.45, 7) is 6.59. The molecule has 0 aliphatic rings. The number of hydrogen-bond donors (Lipinski definition) is 0. The highest BCUT2D eigenvalue weighted by atomic mass is 32.1. The number of fused-ring (bicyclic) bond motifs is 1. The molecule has 1 aromatic heterocycles. The number of carbonyl (C=O) groups is 2. The molecule has 0 saturated heterocycles. The standard InChI is InChI=1S/C21H20N2O4S/c1-4-12-23-16-11-10-14(20(25)26-3)13-18(16)28-21(23)22-19(24)15-8-6-7-9-17(15)27-5-2/h4,6-11,13H,1,5,12H2,2-3H3. The van der Waals surface area contributed by atoms with Gasteiger partial charge in [-0.2, -0.15) is 4.99 Å². The number of hydrogen-bond acceptors (Lipinski definition) is 5. The maximum absolute atomic E-state index is 12.8. The molecule has 0 unspecified atom stereocenters. The lowest BCUT2D eigenvalue weighted by atomic mass is 10.2. The van der Waals surface area contributed by atoms with Crippen LogP contribution < -0.4 is 9.54 Å². The van der Waals surface area contributed by atoms with Gasteiger partial charge in [0.1, 0.15) is 5.75 Å². The summed E-state index contributed by atoms with van der Waals surface area (Å²) in [5.41, 5.74) is 1.71. The number of rotatable bonds is 6. The van der Waals surface area contributed by atoms with Gasteiger partial charge in [0, 0.05) is 6.54 Å². The van der Waals surface area contributed by atoms with Crippen molar-refractivity contribution in [3.63, 3.8) is 0 Å². The van der Waals surface area contributed by atoms with Gasteiger partial charge in [0.25, 0.3) is 5.91 Å². The number of carbonyl (C=O) groups excluding carboxylic acids is 2. The highest BCUT2D eigenvalue weighted by molar-refractivity contribution is 7.16. The zero-order valence-electron chi connectivity index (χ0n) is 15.7. The second-order valence-corrected chi connectivity index (χ2v) is 6.81. The highest BCUT2D eigenvalue weighted by Gasteiger charge is 2.14. The second kappa shape index (κ2) is 8.67. The fraction of sp³-hybridized carbons (Fsp3) is 0.190. The number of esters is 1. The van der Waals surface area contributed by atoms with E-state index in [1.807, 2.05) is 23.6 Å². The molecule has 0 radical (unpaired) electrons. The molecule has 3 rings (SSSR count). The Kier molecular flexibility index (Phi) is 6.06. The Labute approximate surface area is 166 Å². The molecule has 0 N–H and O–H groups in total. The maximum atomic E-state index is 12.8. The van der Waals surface area contributed by atoms with E-state index >= 15 is 0 Å². The van der Waals surface area contributed by atoms with Crippen LogP contribution in [0.3, 0.4) is 0 Å². The molecule has 28 heavy (non-hydrogen) atoms. The Morgan fingerprint density at radius 1 is 1.25 bits per heavy atom. The van der Waals surface area contributed by atoms with Gasteiger partial charge in [0.2, 0.25) is 0 Å². The summed E-state index contributed by atoms with van der Waals surface area (Å²) in [5, 5.41) is 0. The molecule has 0 saturated carbocycles. The van der Waals surface area contributed by atoms with Crippen LogP contribution in [0.2, 0.25) is 0 Å². The Hall–Kier alpha value is -3.19. The molecular formula is C21H20N2O4S. The van der Waals surface area contributed by atoms with Crippen LogP contribution in [0.5, 0.6) is 5.75 Å². The lowest BCUT2D eigenvalue weighted by Gasteiger charge is -2.06. The largest absolute Gasteiger partial charge is 0.493 e. The minimum Gasteiger partial charge on any atom is -0.493 e. The topological polar surface area (TPSA) is 69.9 Å². The van der Waals surface area contributed by atoms with Gasteiger partial charge in [-0.15, -0.1) is 6.58 Å². The summed E-state index contributed by atoms with van der Waals surface area (Å²) in [4.78, 5) is 29.5. The van der Waals surface area contributed by atoms with Crippen LogP contribution in [0.25, 0.3) is 10.2 Å². The summed E-state index contributed by atoms with van der Waals surface area (Å²) in [7, 11) is 1.34. The number of amides is 1. The monoisotopic (exact) mass is 396 g/mol. The number of ether oxygens (including phenoxy) is 2. The molecule has 0 spiro atoms. The third-order valence-electron chi connectivity index (χ3n) is 4.03. The van der Waals surface area contributed by atoms with Gasteiger partial charge in [-0.1, -0.05) is 29.5 Å². The smallest absolute Gasteiger partial charge is 0.337 e. The van der Waals surface area contributed by atoms with Crippen LogP contribution in [-0.2, 0) is 11.3 Å². The first-order chi connectivity index (χ1) is 13.6.